The number of anilines is 2. The van der Waals surface area contributed by atoms with Crippen LogP contribution < -0.4 is 10.2 Å². The van der Waals surface area contributed by atoms with Gasteiger partial charge in [-0.3, -0.25) is 4.79 Å². The highest BCUT2D eigenvalue weighted by molar-refractivity contribution is 5.98. The molecule has 0 radical (unpaired) electrons. The Morgan fingerprint density at radius 3 is 2.62 bits per heavy atom. The number of carbonyl (C=O) groups is 1. The summed E-state index contributed by atoms with van der Waals surface area (Å²) in [6, 6.07) is 13.3. The molecule has 0 spiro atoms. The Hall–Kier alpha value is -3.54. The van der Waals surface area contributed by atoms with Gasteiger partial charge in [-0.1, -0.05) is 23.4 Å². The van der Waals surface area contributed by atoms with Gasteiger partial charge in [0.2, 0.25) is 5.91 Å². The highest BCUT2D eigenvalue weighted by Gasteiger charge is 2.24. The first-order chi connectivity index (χ1) is 13.9. The number of hydrogen-bond donors (Lipinski definition) is 2. The molecule has 1 aliphatic rings. The number of nitrogens with one attached hydrogen (secondary N) is 1. The number of aromatic hydroxyl groups is 1. The Kier molecular flexibility index (Phi) is 4.84. The predicted octanol–water partition coefficient (Wildman–Crippen LogP) is 4.35. The Morgan fingerprint density at radius 2 is 1.93 bits per heavy atom. The van der Waals surface area contributed by atoms with E-state index < -0.39 is 0 Å². The topological polar surface area (TPSA) is 78.6 Å². The smallest absolute Gasteiger partial charge is 0.244 e. The minimum Gasteiger partial charge on any atom is -0.508 e. The number of phenols is 1. The Labute approximate surface area is 169 Å². The fraction of sp³-hybridized carbons (Fsp3) is 0.217. The summed E-state index contributed by atoms with van der Waals surface area (Å²) >= 11 is 0. The number of benzene rings is 2. The van der Waals surface area contributed by atoms with E-state index in [1.807, 2.05) is 24.0 Å². The number of phenolic OH excluding ortho intramolecular Hbond substituents is 1. The fourth-order valence-corrected chi connectivity index (χ4v) is 3.60. The maximum atomic E-state index is 12.9. The van der Waals surface area contributed by atoms with Crippen molar-refractivity contribution in [1.29, 1.82) is 0 Å². The standard InChI is InChI=1S/C23H23N3O3/c1-14-4-5-18-8-11-20(17-6-9-19(27)10-7-17)26(21(18)12-14)13-22(28)24-23-15(2)25-29-16(23)3/h4-7,9-12,27H,8,13H2,1-3H3,(H,24,28). The van der Waals surface area contributed by atoms with Crippen LogP contribution >= 0.6 is 0 Å². The molecule has 29 heavy (non-hydrogen) atoms. The number of rotatable bonds is 4. The van der Waals surface area contributed by atoms with Gasteiger partial charge < -0.3 is 19.8 Å². The number of allylic oxidation sites excluding steroid dienone is 1. The lowest BCUT2D eigenvalue weighted by Crippen LogP contribution is -2.34. The van der Waals surface area contributed by atoms with E-state index >= 15 is 0 Å². The first-order valence-electron chi connectivity index (χ1n) is 9.51. The van der Waals surface area contributed by atoms with Crippen molar-refractivity contribution in [1.82, 2.24) is 5.16 Å². The quantitative estimate of drug-likeness (QED) is 0.694. The minimum atomic E-state index is -0.154. The van der Waals surface area contributed by atoms with Crippen molar-refractivity contribution in [2.75, 3.05) is 16.8 Å². The fourth-order valence-electron chi connectivity index (χ4n) is 3.60. The molecular formula is C23H23N3O3. The van der Waals surface area contributed by atoms with Crippen molar-refractivity contribution >= 4 is 23.0 Å². The number of hydrogen-bond acceptors (Lipinski definition) is 5. The average Bonchev–Trinajstić information content (AvgIpc) is 3.01. The van der Waals surface area contributed by atoms with Crippen LogP contribution in [0.4, 0.5) is 11.4 Å². The van der Waals surface area contributed by atoms with Crippen LogP contribution in [-0.2, 0) is 11.2 Å². The van der Waals surface area contributed by atoms with Gasteiger partial charge in [-0.25, -0.2) is 0 Å². The molecule has 0 saturated carbocycles. The largest absolute Gasteiger partial charge is 0.508 e. The van der Waals surface area contributed by atoms with Crippen molar-refractivity contribution < 1.29 is 14.4 Å². The third-order valence-electron chi connectivity index (χ3n) is 5.10. The molecule has 148 valence electrons. The van der Waals surface area contributed by atoms with Gasteiger partial charge >= 0.3 is 0 Å². The van der Waals surface area contributed by atoms with Gasteiger partial charge in [0, 0.05) is 11.4 Å². The van der Waals surface area contributed by atoms with Gasteiger partial charge in [0.05, 0.1) is 0 Å². The summed E-state index contributed by atoms with van der Waals surface area (Å²) in [5.74, 6) is 0.641. The number of fused-ring (bicyclic) bond motifs is 1. The van der Waals surface area contributed by atoms with Gasteiger partial charge in [0.15, 0.2) is 5.76 Å². The van der Waals surface area contributed by atoms with Crippen LogP contribution in [0, 0.1) is 20.8 Å². The second-order valence-electron chi connectivity index (χ2n) is 7.31. The van der Waals surface area contributed by atoms with Crippen LogP contribution in [0.25, 0.3) is 5.70 Å². The van der Waals surface area contributed by atoms with E-state index in [2.05, 4.69) is 34.7 Å². The zero-order valence-corrected chi connectivity index (χ0v) is 16.7. The first kappa shape index (κ1) is 18.8. The summed E-state index contributed by atoms with van der Waals surface area (Å²) in [5.41, 5.74) is 6.48. The van der Waals surface area contributed by atoms with Crippen molar-refractivity contribution in [3.8, 4) is 5.75 Å². The SMILES string of the molecule is Cc1ccc2c(c1)N(CC(=O)Nc1c(C)noc1C)C(c1ccc(O)cc1)=CC2. The van der Waals surface area contributed by atoms with E-state index in [9.17, 15) is 9.90 Å². The number of aromatic nitrogens is 1. The van der Waals surface area contributed by atoms with Crippen LogP contribution in [0.1, 0.15) is 28.1 Å². The summed E-state index contributed by atoms with van der Waals surface area (Å²) in [7, 11) is 0. The highest BCUT2D eigenvalue weighted by Crippen LogP contribution is 2.35. The van der Waals surface area contributed by atoms with Crippen molar-refractivity contribution in [3.05, 3.63) is 76.7 Å². The van der Waals surface area contributed by atoms with E-state index in [0.29, 0.717) is 17.1 Å². The maximum absolute atomic E-state index is 12.9. The Morgan fingerprint density at radius 1 is 1.17 bits per heavy atom. The van der Waals surface area contributed by atoms with Gasteiger partial charge in [-0.2, -0.15) is 0 Å². The van der Waals surface area contributed by atoms with Crippen LogP contribution in [0.3, 0.4) is 0 Å². The Bertz CT molecular complexity index is 1080. The Balaban J connectivity index is 1.68. The van der Waals surface area contributed by atoms with Crippen LogP contribution in [0.5, 0.6) is 5.75 Å². The molecule has 0 aliphatic carbocycles. The minimum absolute atomic E-state index is 0.146. The molecule has 0 bridgehead atoms. The molecule has 0 unspecified atom stereocenters. The lowest BCUT2D eigenvalue weighted by Gasteiger charge is -2.33. The molecule has 1 amide bonds. The number of aryl methyl sites for hydroxylation is 3. The molecule has 2 aromatic carbocycles. The van der Waals surface area contributed by atoms with E-state index in [1.165, 1.54) is 5.56 Å². The lowest BCUT2D eigenvalue weighted by molar-refractivity contribution is -0.114. The van der Waals surface area contributed by atoms with Gasteiger partial charge in [0.25, 0.3) is 0 Å². The molecule has 4 rings (SSSR count). The van der Waals surface area contributed by atoms with Crippen LogP contribution in [0.15, 0.2) is 53.1 Å². The monoisotopic (exact) mass is 389 g/mol. The van der Waals surface area contributed by atoms with E-state index in [-0.39, 0.29) is 18.2 Å². The molecule has 6 nitrogen and oxygen atoms in total. The summed E-state index contributed by atoms with van der Waals surface area (Å²) in [6.45, 7) is 5.76. The van der Waals surface area contributed by atoms with E-state index in [0.717, 1.165) is 28.9 Å². The number of carbonyl (C=O) groups excluding carboxylic acids is 1. The summed E-state index contributed by atoms with van der Waals surface area (Å²) in [4.78, 5) is 14.9. The van der Waals surface area contributed by atoms with Crippen LogP contribution in [-0.4, -0.2) is 22.7 Å². The first-order valence-corrected chi connectivity index (χ1v) is 9.51. The zero-order chi connectivity index (χ0) is 20.5. The van der Waals surface area contributed by atoms with Gasteiger partial charge in [-0.05, 0) is 74.2 Å². The number of amides is 1. The van der Waals surface area contributed by atoms with Crippen molar-refractivity contribution in [2.24, 2.45) is 0 Å². The molecule has 1 aliphatic heterocycles. The van der Waals surface area contributed by atoms with Gasteiger partial charge in [0.1, 0.15) is 23.7 Å². The summed E-state index contributed by atoms with van der Waals surface area (Å²) in [5, 5.41) is 16.5. The molecule has 0 fully saturated rings. The van der Waals surface area contributed by atoms with E-state index in [1.54, 1.807) is 26.0 Å². The molecule has 0 saturated heterocycles. The lowest BCUT2D eigenvalue weighted by atomic mass is 9.97. The summed E-state index contributed by atoms with van der Waals surface area (Å²) < 4.78 is 5.15. The predicted molar refractivity (Wildman–Crippen MR) is 113 cm³/mol. The second-order valence-corrected chi connectivity index (χ2v) is 7.31. The molecule has 2 N–H and O–H groups in total. The van der Waals surface area contributed by atoms with Crippen molar-refractivity contribution in [2.45, 2.75) is 27.2 Å². The van der Waals surface area contributed by atoms with Gasteiger partial charge in [-0.15, -0.1) is 0 Å². The normalized spacial score (nSPS) is 13.1. The molecule has 1 aromatic heterocycles. The average molecular weight is 389 g/mol. The van der Waals surface area contributed by atoms with E-state index in [4.69, 9.17) is 4.52 Å². The number of nitrogens with zero attached hydrogens (tertiary/aromatic N) is 2. The molecule has 2 heterocycles. The molecule has 3 aromatic rings. The second kappa shape index (κ2) is 7.47. The third kappa shape index (κ3) is 3.74. The zero-order valence-electron chi connectivity index (χ0n) is 16.7. The molecule has 0 atom stereocenters. The highest BCUT2D eigenvalue weighted by atomic mass is 16.5. The summed E-state index contributed by atoms with van der Waals surface area (Å²) in [6.07, 6.45) is 2.90. The third-order valence-corrected chi connectivity index (χ3v) is 5.10. The van der Waals surface area contributed by atoms with Crippen LogP contribution in [0.2, 0.25) is 0 Å². The maximum Gasteiger partial charge on any atom is 0.244 e. The molecule has 6 heteroatoms. The van der Waals surface area contributed by atoms with Crippen molar-refractivity contribution in [3.63, 3.8) is 0 Å². The molecular weight excluding hydrogens is 366 g/mol.